The van der Waals surface area contributed by atoms with Crippen molar-refractivity contribution < 1.29 is 9.18 Å². The minimum atomic E-state index is -0.284. The lowest BCUT2D eigenvalue weighted by Crippen LogP contribution is -2.27. The number of halogens is 1. The quantitative estimate of drug-likeness (QED) is 0.317. The normalized spacial score (nSPS) is 11.1. The Kier molecular flexibility index (Phi) is 7.75. The molecule has 1 N–H and O–H groups in total. The van der Waals surface area contributed by atoms with Crippen LogP contribution in [0.2, 0.25) is 0 Å². The lowest BCUT2D eigenvalue weighted by atomic mass is 10.1. The van der Waals surface area contributed by atoms with E-state index >= 15 is 0 Å². The molecule has 1 aromatic heterocycles. The van der Waals surface area contributed by atoms with E-state index < -0.39 is 0 Å². The molecule has 4 aromatic rings. The molecule has 4 rings (SSSR count). The first-order valence-electron chi connectivity index (χ1n) is 11.2. The van der Waals surface area contributed by atoms with E-state index in [2.05, 4.69) is 41.5 Å². The van der Waals surface area contributed by atoms with Crippen molar-refractivity contribution in [1.82, 2.24) is 20.1 Å². The summed E-state index contributed by atoms with van der Waals surface area (Å²) in [4.78, 5) is 12.3. The van der Waals surface area contributed by atoms with Gasteiger partial charge in [-0.2, -0.15) is 0 Å². The van der Waals surface area contributed by atoms with E-state index in [1.165, 1.54) is 12.1 Å². The number of carbonyl (C=O) groups excluding carboxylic acids is 1. The van der Waals surface area contributed by atoms with Crippen LogP contribution in [-0.2, 0) is 12.2 Å². The van der Waals surface area contributed by atoms with Crippen LogP contribution < -0.4 is 5.32 Å². The van der Waals surface area contributed by atoms with Gasteiger partial charge in [0.05, 0.1) is 0 Å². The maximum atomic E-state index is 13.5. The van der Waals surface area contributed by atoms with Crippen molar-refractivity contribution in [2.45, 2.75) is 31.2 Å². The average molecular weight is 475 g/mol. The number of nitrogens with zero attached hydrogens (tertiary/aromatic N) is 3. The van der Waals surface area contributed by atoms with Crippen LogP contribution in [0.15, 0.2) is 84.0 Å². The third-order valence-corrected chi connectivity index (χ3v) is 6.25. The molecule has 0 aliphatic carbocycles. The largest absolute Gasteiger partial charge is 0.352 e. The smallest absolute Gasteiger partial charge is 0.251 e. The van der Waals surface area contributed by atoms with Gasteiger partial charge >= 0.3 is 0 Å². The molecule has 0 spiro atoms. The summed E-state index contributed by atoms with van der Waals surface area (Å²) in [5.74, 6) is 1.52. The fraction of sp³-hybridized carbons (Fsp3) is 0.222. The lowest BCUT2D eigenvalue weighted by Gasteiger charge is -2.11. The standard InChI is InChI=1S/C27H27FN4OS/c1-19(2)17-29-26(33)22-10-8-21(9-11-22)18-34-27-31-30-25(16-20-6-4-3-5-7-20)32(27)24-14-12-23(28)13-15-24/h3-15,19H,16-18H2,1-2H3,(H,29,33). The van der Waals surface area contributed by atoms with Crippen LogP contribution in [0.3, 0.4) is 0 Å². The Bertz CT molecular complexity index is 1220. The highest BCUT2D eigenvalue weighted by Crippen LogP contribution is 2.26. The molecular weight excluding hydrogens is 447 g/mol. The van der Waals surface area contributed by atoms with Gasteiger partial charge in [-0.15, -0.1) is 10.2 Å². The van der Waals surface area contributed by atoms with Gasteiger partial charge < -0.3 is 5.32 Å². The zero-order valence-corrected chi connectivity index (χ0v) is 20.1. The molecule has 7 heteroatoms. The summed E-state index contributed by atoms with van der Waals surface area (Å²) in [5.41, 5.74) is 3.66. The van der Waals surface area contributed by atoms with E-state index in [9.17, 15) is 9.18 Å². The molecule has 5 nitrogen and oxygen atoms in total. The third kappa shape index (κ3) is 6.11. The second-order valence-corrected chi connectivity index (χ2v) is 9.40. The molecule has 0 atom stereocenters. The summed E-state index contributed by atoms with van der Waals surface area (Å²) >= 11 is 1.55. The van der Waals surface area contributed by atoms with Crippen LogP contribution in [0.5, 0.6) is 0 Å². The van der Waals surface area contributed by atoms with Crippen LogP contribution >= 0.6 is 11.8 Å². The highest BCUT2D eigenvalue weighted by molar-refractivity contribution is 7.98. The van der Waals surface area contributed by atoms with Crippen LogP contribution in [0.1, 0.15) is 41.2 Å². The Morgan fingerprint density at radius 3 is 2.32 bits per heavy atom. The molecule has 34 heavy (non-hydrogen) atoms. The van der Waals surface area contributed by atoms with Gasteiger partial charge in [0.25, 0.3) is 5.91 Å². The first kappa shape index (κ1) is 23.7. The van der Waals surface area contributed by atoms with Gasteiger partial charge in [-0.05, 0) is 53.4 Å². The van der Waals surface area contributed by atoms with Crippen LogP contribution in [-0.4, -0.2) is 27.2 Å². The third-order valence-electron chi connectivity index (χ3n) is 5.25. The highest BCUT2D eigenvalue weighted by Gasteiger charge is 2.16. The van der Waals surface area contributed by atoms with E-state index in [0.29, 0.717) is 30.2 Å². The zero-order valence-electron chi connectivity index (χ0n) is 19.2. The Balaban J connectivity index is 1.51. The van der Waals surface area contributed by atoms with Gasteiger partial charge in [-0.25, -0.2) is 4.39 Å². The topological polar surface area (TPSA) is 59.8 Å². The molecule has 0 saturated carbocycles. The molecule has 0 saturated heterocycles. The Hall–Kier alpha value is -3.45. The minimum Gasteiger partial charge on any atom is -0.352 e. The maximum absolute atomic E-state index is 13.5. The minimum absolute atomic E-state index is 0.0606. The maximum Gasteiger partial charge on any atom is 0.251 e. The van der Waals surface area contributed by atoms with Gasteiger partial charge in [0.2, 0.25) is 0 Å². The molecule has 0 aliphatic rings. The predicted octanol–water partition coefficient (Wildman–Crippen LogP) is 5.68. The summed E-state index contributed by atoms with van der Waals surface area (Å²) in [5, 5.41) is 12.5. The number of nitrogens with one attached hydrogen (secondary N) is 1. The fourth-order valence-electron chi connectivity index (χ4n) is 3.44. The number of carbonyl (C=O) groups is 1. The summed E-state index contributed by atoms with van der Waals surface area (Å²) in [6.45, 7) is 4.79. The number of amides is 1. The van der Waals surface area contributed by atoms with Gasteiger partial charge in [-0.1, -0.05) is 68.1 Å². The van der Waals surface area contributed by atoms with Crippen LogP contribution in [0, 0.1) is 11.7 Å². The number of rotatable bonds is 9. The fourth-order valence-corrected chi connectivity index (χ4v) is 4.36. The second kappa shape index (κ2) is 11.1. The van der Waals surface area contributed by atoms with E-state index in [1.807, 2.05) is 47.0 Å². The van der Waals surface area contributed by atoms with E-state index in [0.717, 1.165) is 27.8 Å². The highest BCUT2D eigenvalue weighted by atomic mass is 32.2. The van der Waals surface area contributed by atoms with Crippen molar-refractivity contribution in [3.05, 3.63) is 107 Å². The summed E-state index contributed by atoms with van der Waals surface area (Å²) in [6, 6.07) is 24.0. The molecule has 1 heterocycles. The van der Waals surface area contributed by atoms with Crippen molar-refractivity contribution in [2.75, 3.05) is 6.54 Å². The molecule has 3 aromatic carbocycles. The number of hydrogen-bond acceptors (Lipinski definition) is 4. The van der Waals surface area contributed by atoms with Crippen molar-refractivity contribution in [3.63, 3.8) is 0 Å². The van der Waals surface area contributed by atoms with Gasteiger partial charge in [-0.3, -0.25) is 9.36 Å². The molecule has 174 valence electrons. The molecule has 0 bridgehead atoms. The Morgan fingerprint density at radius 1 is 0.941 bits per heavy atom. The monoisotopic (exact) mass is 474 g/mol. The number of thioether (sulfide) groups is 1. The SMILES string of the molecule is CC(C)CNC(=O)c1ccc(CSc2nnc(Cc3ccccc3)n2-c2ccc(F)cc2)cc1. The van der Waals surface area contributed by atoms with E-state index in [4.69, 9.17) is 0 Å². The summed E-state index contributed by atoms with van der Waals surface area (Å²) < 4.78 is 15.5. The van der Waals surface area contributed by atoms with Crippen LogP contribution in [0.4, 0.5) is 4.39 Å². The number of hydrogen-bond donors (Lipinski definition) is 1. The summed E-state index contributed by atoms with van der Waals surface area (Å²) in [7, 11) is 0. The second-order valence-electron chi connectivity index (χ2n) is 8.46. The molecular formula is C27H27FN4OS. The van der Waals surface area contributed by atoms with Crippen molar-refractivity contribution in [1.29, 1.82) is 0 Å². The summed E-state index contributed by atoms with van der Waals surface area (Å²) in [6.07, 6.45) is 0.617. The lowest BCUT2D eigenvalue weighted by molar-refractivity contribution is 0.0949. The molecule has 0 unspecified atom stereocenters. The molecule has 0 radical (unpaired) electrons. The Labute approximate surface area is 203 Å². The number of benzene rings is 3. The van der Waals surface area contributed by atoms with Crippen molar-refractivity contribution >= 4 is 17.7 Å². The first-order chi connectivity index (χ1) is 16.5. The van der Waals surface area contributed by atoms with Gasteiger partial charge in [0.15, 0.2) is 5.16 Å². The van der Waals surface area contributed by atoms with Gasteiger partial charge in [0, 0.05) is 30.0 Å². The molecule has 1 amide bonds. The Morgan fingerprint density at radius 2 is 1.65 bits per heavy atom. The number of aromatic nitrogens is 3. The van der Waals surface area contributed by atoms with Crippen molar-refractivity contribution in [2.24, 2.45) is 5.92 Å². The van der Waals surface area contributed by atoms with Crippen molar-refractivity contribution in [3.8, 4) is 5.69 Å². The first-order valence-corrected chi connectivity index (χ1v) is 12.2. The van der Waals surface area contributed by atoms with E-state index in [1.54, 1.807) is 23.9 Å². The molecule has 0 aliphatic heterocycles. The van der Waals surface area contributed by atoms with Gasteiger partial charge in [0.1, 0.15) is 11.6 Å². The predicted molar refractivity (Wildman–Crippen MR) is 134 cm³/mol. The average Bonchev–Trinajstić information content (AvgIpc) is 3.25. The molecule has 0 fully saturated rings. The van der Waals surface area contributed by atoms with E-state index in [-0.39, 0.29) is 11.7 Å². The zero-order chi connectivity index (χ0) is 23.9. The van der Waals surface area contributed by atoms with Crippen LogP contribution in [0.25, 0.3) is 5.69 Å².